The first kappa shape index (κ1) is 19.2. The zero-order valence-corrected chi connectivity index (χ0v) is 16.4. The molecule has 142 valence electrons. The number of amides is 2. The smallest absolute Gasteiger partial charge is 0.228 e. The van der Waals surface area contributed by atoms with Crippen LogP contribution in [-0.2, 0) is 16.0 Å². The van der Waals surface area contributed by atoms with Gasteiger partial charge in [-0.3, -0.25) is 9.59 Å². The minimum Gasteiger partial charge on any atom is -0.495 e. The third-order valence-corrected chi connectivity index (χ3v) is 5.27. The van der Waals surface area contributed by atoms with E-state index in [1.165, 1.54) is 7.11 Å². The maximum atomic E-state index is 12.5. The number of carbonyl (C=O) groups excluding carboxylic acids is 2. The van der Waals surface area contributed by atoms with Crippen LogP contribution < -0.4 is 15.4 Å². The van der Waals surface area contributed by atoms with Crippen LogP contribution in [0.2, 0.25) is 5.02 Å². The molecule has 0 aromatic heterocycles. The fourth-order valence-corrected chi connectivity index (χ4v) is 3.26. The molecular weight excluding hydrogens is 364 g/mol. The van der Waals surface area contributed by atoms with Crippen LogP contribution in [0.5, 0.6) is 5.75 Å². The summed E-state index contributed by atoms with van der Waals surface area (Å²) >= 11 is 6.10. The van der Waals surface area contributed by atoms with Crippen LogP contribution in [0.4, 0.5) is 11.4 Å². The lowest BCUT2D eigenvalue weighted by Gasteiger charge is -2.12. The number of aryl methyl sites for hydroxylation is 2. The molecule has 2 aromatic carbocycles. The van der Waals surface area contributed by atoms with Crippen molar-refractivity contribution in [1.29, 1.82) is 0 Å². The molecule has 1 fully saturated rings. The molecule has 1 aliphatic carbocycles. The predicted octanol–water partition coefficient (Wildman–Crippen LogP) is 4.43. The minimum atomic E-state index is -0.334. The summed E-state index contributed by atoms with van der Waals surface area (Å²) in [7, 11) is 1.52. The van der Waals surface area contributed by atoms with Crippen LogP contribution >= 0.6 is 11.6 Å². The SMILES string of the molecule is CCc1ccccc1NC(=O)C1CC1C(=O)Nc1cc(C)c(Cl)cc1OC. The number of benzene rings is 2. The monoisotopic (exact) mass is 386 g/mol. The summed E-state index contributed by atoms with van der Waals surface area (Å²) in [4.78, 5) is 25.0. The van der Waals surface area contributed by atoms with Gasteiger partial charge in [0.05, 0.1) is 24.6 Å². The Morgan fingerprint density at radius 1 is 1.11 bits per heavy atom. The topological polar surface area (TPSA) is 67.4 Å². The highest BCUT2D eigenvalue weighted by Gasteiger charge is 2.48. The highest BCUT2D eigenvalue weighted by molar-refractivity contribution is 6.31. The van der Waals surface area contributed by atoms with Gasteiger partial charge >= 0.3 is 0 Å². The number of halogens is 1. The Morgan fingerprint density at radius 2 is 1.74 bits per heavy atom. The van der Waals surface area contributed by atoms with Crippen molar-refractivity contribution in [2.75, 3.05) is 17.7 Å². The zero-order chi connectivity index (χ0) is 19.6. The van der Waals surface area contributed by atoms with E-state index in [1.807, 2.05) is 38.1 Å². The van der Waals surface area contributed by atoms with Crippen LogP contribution in [0.3, 0.4) is 0 Å². The Labute approximate surface area is 164 Å². The molecule has 0 bridgehead atoms. The van der Waals surface area contributed by atoms with Crippen molar-refractivity contribution in [3.8, 4) is 5.75 Å². The van der Waals surface area contributed by atoms with Crippen molar-refractivity contribution in [2.24, 2.45) is 11.8 Å². The number of rotatable bonds is 6. The van der Waals surface area contributed by atoms with Crippen LogP contribution in [-0.4, -0.2) is 18.9 Å². The molecule has 3 rings (SSSR count). The van der Waals surface area contributed by atoms with Gasteiger partial charge in [-0.25, -0.2) is 0 Å². The van der Waals surface area contributed by atoms with Crippen LogP contribution in [0.15, 0.2) is 36.4 Å². The number of hydrogen-bond donors (Lipinski definition) is 2. The summed E-state index contributed by atoms with van der Waals surface area (Å²) < 4.78 is 5.28. The van der Waals surface area contributed by atoms with Gasteiger partial charge in [-0.15, -0.1) is 0 Å². The van der Waals surface area contributed by atoms with E-state index in [2.05, 4.69) is 10.6 Å². The molecule has 1 saturated carbocycles. The quantitative estimate of drug-likeness (QED) is 0.771. The molecule has 0 radical (unpaired) electrons. The molecule has 0 spiro atoms. The van der Waals surface area contributed by atoms with Crippen molar-refractivity contribution >= 4 is 34.8 Å². The predicted molar refractivity (Wildman–Crippen MR) is 107 cm³/mol. The Balaban J connectivity index is 1.64. The van der Waals surface area contributed by atoms with Crippen molar-refractivity contribution < 1.29 is 14.3 Å². The number of carbonyl (C=O) groups is 2. The second-order valence-corrected chi connectivity index (χ2v) is 7.15. The molecule has 1 aliphatic rings. The van der Waals surface area contributed by atoms with Crippen LogP contribution in [0.25, 0.3) is 0 Å². The van der Waals surface area contributed by atoms with Gasteiger partial charge in [-0.1, -0.05) is 36.7 Å². The lowest BCUT2D eigenvalue weighted by atomic mass is 10.1. The molecule has 0 aliphatic heterocycles. The third kappa shape index (κ3) is 4.25. The minimum absolute atomic E-state index is 0.115. The fraction of sp³-hybridized carbons (Fsp3) is 0.333. The highest BCUT2D eigenvalue weighted by Crippen LogP contribution is 2.41. The normalized spacial score (nSPS) is 17.9. The highest BCUT2D eigenvalue weighted by atomic mass is 35.5. The Bertz CT molecular complexity index is 882. The number of ether oxygens (including phenoxy) is 1. The van der Waals surface area contributed by atoms with Crippen molar-refractivity contribution in [3.05, 3.63) is 52.5 Å². The summed E-state index contributed by atoms with van der Waals surface area (Å²) in [5.41, 5.74) is 3.29. The van der Waals surface area contributed by atoms with E-state index in [9.17, 15) is 9.59 Å². The molecule has 0 heterocycles. The molecule has 6 heteroatoms. The number of anilines is 2. The van der Waals surface area contributed by atoms with Gasteiger partial charge in [0, 0.05) is 16.8 Å². The summed E-state index contributed by atoms with van der Waals surface area (Å²) in [5.74, 6) is -0.444. The van der Waals surface area contributed by atoms with E-state index in [4.69, 9.17) is 16.3 Å². The van der Waals surface area contributed by atoms with Crippen LogP contribution in [0, 0.1) is 18.8 Å². The van der Waals surface area contributed by atoms with Crippen molar-refractivity contribution in [1.82, 2.24) is 0 Å². The van der Waals surface area contributed by atoms with Gasteiger partial charge in [0.2, 0.25) is 11.8 Å². The number of methoxy groups -OCH3 is 1. The summed E-state index contributed by atoms with van der Waals surface area (Å²) in [6, 6.07) is 11.2. The molecule has 2 atom stereocenters. The van der Waals surface area contributed by atoms with Gasteiger partial charge < -0.3 is 15.4 Å². The van der Waals surface area contributed by atoms with Crippen molar-refractivity contribution in [2.45, 2.75) is 26.7 Å². The average Bonchev–Trinajstić information content (AvgIpc) is 3.46. The molecule has 2 amide bonds. The van der Waals surface area contributed by atoms with Gasteiger partial charge in [0.15, 0.2) is 0 Å². The summed E-state index contributed by atoms with van der Waals surface area (Å²) in [6.07, 6.45) is 1.38. The lowest BCUT2D eigenvalue weighted by Crippen LogP contribution is -2.21. The maximum Gasteiger partial charge on any atom is 0.228 e. The summed E-state index contributed by atoms with van der Waals surface area (Å²) in [5, 5.41) is 6.38. The number of hydrogen-bond acceptors (Lipinski definition) is 3. The van der Waals surface area contributed by atoms with E-state index < -0.39 is 0 Å². The first-order valence-electron chi connectivity index (χ1n) is 8.98. The van der Waals surface area contributed by atoms with Gasteiger partial charge in [-0.2, -0.15) is 0 Å². The van der Waals surface area contributed by atoms with Gasteiger partial charge in [0.1, 0.15) is 5.75 Å². The standard InChI is InChI=1S/C21H23ClN2O3/c1-4-13-7-5-6-8-17(13)23-20(25)14-10-15(14)21(26)24-18-9-12(2)16(22)11-19(18)27-3/h5-9,11,14-15H,4,10H2,1-3H3,(H,23,25)(H,24,26). The van der Waals surface area contributed by atoms with E-state index in [0.717, 1.165) is 23.2 Å². The van der Waals surface area contributed by atoms with E-state index in [1.54, 1.807) is 12.1 Å². The number of para-hydroxylation sites is 1. The Kier molecular flexibility index (Phi) is 5.71. The van der Waals surface area contributed by atoms with Gasteiger partial charge in [0.25, 0.3) is 0 Å². The molecular formula is C21H23ClN2O3. The van der Waals surface area contributed by atoms with Gasteiger partial charge in [-0.05, 0) is 43.0 Å². The first-order valence-corrected chi connectivity index (χ1v) is 9.36. The molecule has 2 N–H and O–H groups in total. The fourth-order valence-electron chi connectivity index (χ4n) is 3.11. The zero-order valence-electron chi connectivity index (χ0n) is 15.6. The average molecular weight is 387 g/mol. The Morgan fingerprint density at radius 3 is 2.37 bits per heavy atom. The molecule has 5 nitrogen and oxygen atoms in total. The molecule has 2 unspecified atom stereocenters. The summed E-state index contributed by atoms with van der Waals surface area (Å²) in [6.45, 7) is 3.90. The largest absolute Gasteiger partial charge is 0.495 e. The van der Waals surface area contributed by atoms with Crippen molar-refractivity contribution in [3.63, 3.8) is 0 Å². The van der Waals surface area contributed by atoms with E-state index >= 15 is 0 Å². The van der Waals surface area contributed by atoms with E-state index in [-0.39, 0.29) is 23.7 Å². The first-order chi connectivity index (χ1) is 12.9. The second-order valence-electron chi connectivity index (χ2n) is 6.74. The lowest BCUT2D eigenvalue weighted by molar-refractivity contribution is -0.122. The van der Waals surface area contributed by atoms with Crippen LogP contribution in [0.1, 0.15) is 24.5 Å². The Hall–Kier alpha value is -2.53. The second kappa shape index (κ2) is 8.01. The molecule has 2 aromatic rings. The molecule has 27 heavy (non-hydrogen) atoms. The number of nitrogens with one attached hydrogen (secondary N) is 2. The third-order valence-electron chi connectivity index (χ3n) is 4.86. The van der Waals surface area contributed by atoms with E-state index in [0.29, 0.717) is 22.9 Å². The maximum absolute atomic E-state index is 12.5. The molecule has 0 saturated heterocycles.